The highest BCUT2D eigenvalue weighted by molar-refractivity contribution is 5.35. The standard InChI is InChI=1S/C16H27N/c1-5-6-7-8-11-16(4,17)15-12-13(2)9-10-14(15)3/h9-10,12H,5-8,11,17H2,1-4H3. The molecule has 0 bridgehead atoms. The number of nitrogens with two attached hydrogens (primary N) is 1. The van der Waals surface area contributed by atoms with Crippen molar-refractivity contribution < 1.29 is 0 Å². The summed E-state index contributed by atoms with van der Waals surface area (Å²) >= 11 is 0. The summed E-state index contributed by atoms with van der Waals surface area (Å²) in [6, 6.07) is 6.59. The number of unbranched alkanes of at least 4 members (excludes halogenated alkanes) is 3. The fourth-order valence-corrected chi connectivity index (χ4v) is 2.40. The van der Waals surface area contributed by atoms with Gasteiger partial charge in [0.1, 0.15) is 0 Å². The first-order chi connectivity index (χ1) is 7.97. The molecule has 0 spiro atoms. The first-order valence-electron chi connectivity index (χ1n) is 6.84. The van der Waals surface area contributed by atoms with Gasteiger partial charge in [-0.05, 0) is 38.3 Å². The molecular weight excluding hydrogens is 206 g/mol. The van der Waals surface area contributed by atoms with Gasteiger partial charge in [0.15, 0.2) is 0 Å². The molecule has 2 N–H and O–H groups in total. The van der Waals surface area contributed by atoms with Crippen molar-refractivity contribution in [2.45, 2.75) is 65.3 Å². The van der Waals surface area contributed by atoms with Gasteiger partial charge >= 0.3 is 0 Å². The quantitative estimate of drug-likeness (QED) is 0.722. The van der Waals surface area contributed by atoms with Crippen molar-refractivity contribution in [2.24, 2.45) is 5.73 Å². The Balaban J connectivity index is 2.71. The zero-order valence-electron chi connectivity index (χ0n) is 11.8. The monoisotopic (exact) mass is 233 g/mol. The van der Waals surface area contributed by atoms with Gasteiger partial charge in [0.2, 0.25) is 0 Å². The van der Waals surface area contributed by atoms with Crippen LogP contribution in [-0.2, 0) is 5.54 Å². The number of hydrogen-bond donors (Lipinski definition) is 1. The number of rotatable bonds is 6. The molecule has 1 rings (SSSR count). The molecule has 0 aromatic heterocycles. The summed E-state index contributed by atoms with van der Waals surface area (Å²) in [5, 5.41) is 0. The van der Waals surface area contributed by atoms with Gasteiger partial charge in [-0.15, -0.1) is 0 Å². The predicted molar refractivity (Wildman–Crippen MR) is 76.2 cm³/mol. The van der Waals surface area contributed by atoms with Crippen LogP contribution in [0.1, 0.15) is 62.6 Å². The maximum atomic E-state index is 6.49. The van der Waals surface area contributed by atoms with E-state index in [2.05, 4.69) is 45.9 Å². The average Bonchev–Trinajstić information content (AvgIpc) is 2.28. The van der Waals surface area contributed by atoms with Crippen LogP contribution < -0.4 is 5.73 Å². The number of benzene rings is 1. The lowest BCUT2D eigenvalue weighted by atomic mass is 9.84. The van der Waals surface area contributed by atoms with E-state index in [1.807, 2.05) is 0 Å². The minimum absolute atomic E-state index is 0.177. The smallest absolute Gasteiger partial charge is 0.0383 e. The van der Waals surface area contributed by atoms with Gasteiger partial charge in [-0.25, -0.2) is 0 Å². The maximum Gasteiger partial charge on any atom is 0.0383 e. The van der Waals surface area contributed by atoms with Crippen LogP contribution in [0.15, 0.2) is 18.2 Å². The molecule has 0 amide bonds. The average molecular weight is 233 g/mol. The van der Waals surface area contributed by atoms with Gasteiger partial charge in [-0.3, -0.25) is 0 Å². The van der Waals surface area contributed by atoms with E-state index in [1.165, 1.54) is 42.4 Å². The largest absolute Gasteiger partial charge is 0.322 e. The highest BCUT2D eigenvalue weighted by Crippen LogP contribution is 2.28. The molecule has 96 valence electrons. The van der Waals surface area contributed by atoms with Crippen molar-refractivity contribution in [3.63, 3.8) is 0 Å². The van der Waals surface area contributed by atoms with Crippen molar-refractivity contribution in [3.8, 4) is 0 Å². The normalized spacial score (nSPS) is 14.6. The summed E-state index contributed by atoms with van der Waals surface area (Å²) in [6.45, 7) is 8.70. The van der Waals surface area contributed by atoms with E-state index in [0.717, 1.165) is 6.42 Å². The van der Waals surface area contributed by atoms with Gasteiger partial charge < -0.3 is 5.73 Å². The molecule has 0 radical (unpaired) electrons. The Morgan fingerprint density at radius 2 is 1.82 bits per heavy atom. The van der Waals surface area contributed by atoms with Crippen LogP contribution in [0, 0.1) is 13.8 Å². The molecule has 0 aliphatic heterocycles. The van der Waals surface area contributed by atoms with Gasteiger partial charge in [0.05, 0.1) is 0 Å². The van der Waals surface area contributed by atoms with Crippen LogP contribution in [0.4, 0.5) is 0 Å². The van der Waals surface area contributed by atoms with Crippen LogP contribution in [0.3, 0.4) is 0 Å². The molecule has 1 nitrogen and oxygen atoms in total. The van der Waals surface area contributed by atoms with Crippen molar-refractivity contribution in [2.75, 3.05) is 0 Å². The number of hydrogen-bond acceptors (Lipinski definition) is 1. The molecule has 0 aliphatic rings. The molecule has 1 aromatic carbocycles. The third-order valence-corrected chi connectivity index (χ3v) is 3.56. The molecule has 0 aliphatic carbocycles. The predicted octanol–water partition coefficient (Wildman–Crippen LogP) is 4.45. The fourth-order valence-electron chi connectivity index (χ4n) is 2.40. The van der Waals surface area contributed by atoms with Crippen LogP contribution in [0.2, 0.25) is 0 Å². The molecule has 1 aromatic rings. The summed E-state index contributed by atoms with van der Waals surface area (Å²) in [7, 11) is 0. The van der Waals surface area contributed by atoms with Gasteiger partial charge in [-0.1, -0.05) is 56.4 Å². The van der Waals surface area contributed by atoms with E-state index in [-0.39, 0.29) is 5.54 Å². The Labute approximate surface area is 106 Å². The summed E-state index contributed by atoms with van der Waals surface area (Å²) in [6.07, 6.45) is 6.22. The van der Waals surface area contributed by atoms with Gasteiger partial charge in [0, 0.05) is 5.54 Å². The van der Waals surface area contributed by atoms with Crippen molar-refractivity contribution in [1.29, 1.82) is 0 Å². The molecule has 1 heteroatoms. The summed E-state index contributed by atoms with van der Waals surface area (Å²) in [5.41, 5.74) is 10.2. The zero-order chi connectivity index (χ0) is 12.9. The third kappa shape index (κ3) is 4.16. The summed E-state index contributed by atoms with van der Waals surface area (Å²) in [4.78, 5) is 0. The second-order valence-electron chi connectivity index (χ2n) is 5.55. The van der Waals surface area contributed by atoms with Crippen LogP contribution >= 0.6 is 0 Å². The van der Waals surface area contributed by atoms with E-state index in [0.29, 0.717) is 0 Å². The Morgan fingerprint density at radius 3 is 2.47 bits per heavy atom. The molecule has 0 heterocycles. The molecule has 17 heavy (non-hydrogen) atoms. The van der Waals surface area contributed by atoms with E-state index in [9.17, 15) is 0 Å². The molecular formula is C16H27N. The Morgan fingerprint density at radius 1 is 1.12 bits per heavy atom. The third-order valence-electron chi connectivity index (χ3n) is 3.56. The Hall–Kier alpha value is -0.820. The Bertz CT molecular complexity index is 353. The lowest BCUT2D eigenvalue weighted by Crippen LogP contribution is -2.33. The Kier molecular flexibility index (Phi) is 5.20. The van der Waals surface area contributed by atoms with Crippen LogP contribution in [0.25, 0.3) is 0 Å². The fraction of sp³-hybridized carbons (Fsp3) is 0.625. The summed E-state index contributed by atoms with van der Waals surface area (Å²) in [5.74, 6) is 0. The summed E-state index contributed by atoms with van der Waals surface area (Å²) < 4.78 is 0. The lowest BCUT2D eigenvalue weighted by Gasteiger charge is -2.27. The van der Waals surface area contributed by atoms with Crippen molar-refractivity contribution in [1.82, 2.24) is 0 Å². The maximum absolute atomic E-state index is 6.49. The van der Waals surface area contributed by atoms with E-state index in [1.54, 1.807) is 0 Å². The molecule has 1 atom stereocenters. The molecule has 0 fully saturated rings. The first-order valence-corrected chi connectivity index (χ1v) is 6.84. The van der Waals surface area contributed by atoms with E-state index < -0.39 is 0 Å². The number of aryl methyl sites for hydroxylation is 2. The SMILES string of the molecule is CCCCCCC(C)(N)c1cc(C)ccc1C. The first kappa shape index (κ1) is 14.2. The zero-order valence-corrected chi connectivity index (χ0v) is 11.8. The minimum atomic E-state index is -0.177. The van der Waals surface area contributed by atoms with Gasteiger partial charge in [-0.2, -0.15) is 0 Å². The molecule has 0 saturated carbocycles. The minimum Gasteiger partial charge on any atom is -0.322 e. The highest BCUT2D eigenvalue weighted by atomic mass is 14.7. The van der Waals surface area contributed by atoms with Crippen molar-refractivity contribution in [3.05, 3.63) is 34.9 Å². The second-order valence-corrected chi connectivity index (χ2v) is 5.55. The van der Waals surface area contributed by atoms with Crippen molar-refractivity contribution >= 4 is 0 Å². The second kappa shape index (κ2) is 6.20. The molecule has 1 unspecified atom stereocenters. The van der Waals surface area contributed by atoms with E-state index in [4.69, 9.17) is 5.73 Å². The molecule has 0 saturated heterocycles. The topological polar surface area (TPSA) is 26.0 Å². The van der Waals surface area contributed by atoms with Gasteiger partial charge in [0.25, 0.3) is 0 Å². The van der Waals surface area contributed by atoms with E-state index >= 15 is 0 Å². The van der Waals surface area contributed by atoms with Crippen LogP contribution in [0.5, 0.6) is 0 Å². The lowest BCUT2D eigenvalue weighted by molar-refractivity contribution is 0.422. The van der Waals surface area contributed by atoms with Crippen LogP contribution in [-0.4, -0.2) is 0 Å². The highest BCUT2D eigenvalue weighted by Gasteiger charge is 2.22.